The predicted octanol–water partition coefficient (Wildman–Crippen LogP) is 1.07. The second-order valence-electron chi connectivity index (χ2n) is 7.22. The Kier molecular flexibility index (Phi) is 4.92. The topological polar surface area (TPSA) is 88.4 Å². The Morgan fingerprint density at radius 3 is 2.39 bits per heavy atom. The summed E-state index contributed by atoms with van der Waals surface area (Å²) < 4.78 is 39.9. The second kappa shape index (κ2) is 7.25. The third kappa shape index (κ3) is 3.53. The van der Waals surface area contributed by atoms with Crippen molar-refractivity contribution < 1.29 is 17.6 Å². The van der Waals surface area contributed by atoms with E-state index in [-0.39, 0.29) is 17.6 Å². The zero-order valence-electron chi connectivity index (χ0n) is 15.6. The van der Waals surface area contributed by atoms with Gasteiger partial charge in [-0.2, -0.15) is 4.31 Å². The highest BCUT2D eigenvalue weighted by molar-refractivity contribution is 7.88. The SMILES string of the molecule is CS(=O)(=O)N1CCN(C(=O)C2CCCn3c(-c4ccc(F)cc4)nnc32)CC1. The molecule has 1 aromatic heterocycles. The van der Waals surface area contributed by atoms with E-state index in [1.54, 1.807) is 17.0 Å². The molecule has 0 saturated carbocycles. The third-order valence-corrected chi connectivity index (χ3v) is 6.69. The normalized spacial score (nSPS) is 20.8. The standard InChI is InChI=1S/C18H22FN5O3S/c1-28(26,27)23-11-9-22(10-12-23)18(25)15-3-2-8-24-16(20-21-17(15)24)13-4-6-14(19)7-5-13/h4-7,15H,2-3,8-12H2,1H3. The number of hydrogen-bond acceptors (Lipinski definition) is 5. The van der Waals surface area contributed by atoms with E-state index in [0.29, 0.717) is 50.8 Å². The van der Waals surface area contributed by atoms with Gasteiger partial charge in [0.1, 0.15) is 11.6 Å². The second-order valence-corrected chi connectivity index (χ2v) is 9.20. The van der Waals surface area contributed by atoms with Gasteiger partial charge in [-0.3, -0.25) is 4.79 Å². The highest BCUT2D eigenvalue weighted by Gasteiger charge is 2.35. The number of hydrogen-bond donors (Lipinski definition) is 0. The van der Waals surface area contributed by atoms with Gasteiger partial charge in [0.2, 0.25) is 15.9 Å². The van der Waals surface area contributed by atoms with Crippen molar-refractivity contribution >= 4 is 15.9 Å². The Hall–Kier alpha value is -2.33. The average molecular weight is 407 g/mol. The first-order chi connectivity index (χ1) is 13.3. The van der Waals surface area contributed by atoms with Crippen molar-refractivity contribution in [2.75, 3.05) is 32.4 Å². The van der Waals surface area contributed by atoms with E-state index in [1.165, 1.54) is 22.7 Å². The van der Waals surface area contributed by atoms with Crippen molar-refractivity contribution in [3.05, 3.63) is 35.9 Å². The zero-order chi connectivity index (χ0) is 19.9. The minimum atomic E-state index is -3.24. The molecule has 0 spiro atoms. The van der Waals surface area contributed by atoms with Crippen LogP contribution in [0.1, 0.15) is 24.6 Å². The Labute approximate surface area is 163 Å². The Morgan fingerprint density at radius 1 is 1.07 bits per heavy atom. The number of sulfonamides is 1. The monoisotopic (exact) mass is 407 g/mol. The summed E-state index contributed by atoms with van der Waals surface area (Å²) >= 11 is 0. The van der Waals surface area contributed by atoms with Gasteiger partial charge >= 0.3 is 0 Å². The van der Waals surface area contributed by atoms with E-state index in [4.69, 9.17) is 0 Å². The van der Waals surface area contributed by atoms with Crippen LogP contribution in [0.15, 0.2) is 24.3 Å². The van der Waals surface area contributed by atoms with Crippen molar-refractivity contribution in [2.45, 2.75) is 25.3 Å². The van der Waals surface area contributed by atoms with Crippen LogP contribution in [0.3, 0.4) is 0 Å². The van der Waals surface area contributed by atoms with Gasteiger partial charge in [0, 0.05) is 38.3 Å². The van der Waals surface area contributed by atoms with Crippen LogP contribution < -0.4 is 0 Å². The maximum Gasteiger partial charge on any atom is 0.233 e. The lowest BCUT2D eigenvalue weighted by molar-refractivity contribution is -0.134. The Balaban J connectivity index is 1.54. The van der Waals surface area contributed by atoms with Crippen molar-refractivity contribution in [3.63, 3.8) is 0 Å². The molecule has 10 heteroatoms. The van der Waals surface area contributed by atoms with Gasteiger partial charge in [0.15, 0.2) is 5.82 Å². The molecular formula is C18H22FN5O3S. The minimum absolute atomic E-state index is 0.0350. The van der Waals surface area contributed by atoms with Gasteiger partial charge in [-0.15, -0.1) is 10.2 Å². The summed E-state index contributed by atoms with van der Waals surface area (Å²) in [6.45, 7) is 2.08. The highest BCUT2D eigenvalue weighted by Crippen LogP contribution is 2.32. The van der Waals surface area contributed by atoms with Gasteiger partial charge in [0.05, 0.1) is 12.2 Å². The van der Waals surface area contributed by atoms with E-state index in [9.17, 15) is 17.6 Å². The summed E-state index contributed by atoms with van der Waals surface area (Å²) in [7, 11) is -3.24. The molecule has 1 amide bonds. The number of fused-ring (bicyclic) bond motifs is 1. The first-order valence-corrected chi connectivity index (χ1v) is 11.1. The fourth-order valence-electron chi connectivity index (χ4n) is 3.88. The van der Waals surface area contributed by atoms with Crippen LogP contribution in [0.25, 0.3) is 11.4 Å². The first kappa shape index (κ1) is 19.0. The summed E-state index contributed by atoms with van der Waals surface area (Å²) in [5, 5.41) is 8.52. The molecule has 8 nitrogen and oxygen atoms in total. The van der Waals surface area contributed by atoms with Crippen molar-refractivity contribution in [3.8, 4) is 11.4 Å². The lowest BCUT2D eigenvalue weighted by atomic mass is 9.96. The molecule has 1 saturated heterocycles. The first-order valence-electron chi connectivity index (χ1n) is 9.27. The number of carbonyl (C=O) groups is 1. The van der Waals surface area contributed by atoms with E-state index >= 15 is 0 Å². The molecule has 2 aromatic rings. The quantitative estimate of drug-likeness (QED) is 0.759. The molecule has 1 atom stereocenters. The van der Waals surface area contributed by atoms with Crippen molar-refractivity contribution in [2.24, 2.45) is 0 Å². The van der Waals surface area contributed by atoms with Gasteiger partial charge in [-0.05, 0) is 37.1 Å². The van der Waals surface area contributed by atoms with Gasteiger partial charge in [-0.1, -0.05) is 0 Å². The third-order valence-electron chi connectivity index (χ3n) is 5.39. The molecule has 2 aliphatic heterocycles. The van der Waals surface area contributed by atoms with Gasteiger partial charge in [-0.25, -0.2) is 12.8 Å². The minimum Gasteiger partial charge on any atom is -0.339 e. The smallest absolute Gasteiger partial charge is 0.233 e. The van der Waals surface area contributed by atoms with Crippen molar-refractivity contribution in [1.82, 2.24) is 24.0 Å². The molecule has 1 unspecified atom stereocenters. The maximum absolute atomic E-state index is 13.2. The molecule has 0 bridgehead atoms. The Morgan fingerprint density at radius 2 is 1.75 bits per heavy atom. The van der Waals surface area contributed by atoms with Crippen LogP contribution in [-0.4, -0.2) is 70.7 Å². The molecular weight excluding hydrogens is 385 g/mol. The van der Waals surface area contributed by atoms with Crippen LogP contribution in [0.5, 0.6) is 0 Å². The molecule has 0 radical (unpaired) electrons. The molecule has 2 aliphatic rings. The molecule has 3 heterocycles. The summed E-state index contributed by atoms with van der Waals surface area (Å²) in [5.74, 6) is 0.520. The van der Waals surface area contributed by atoms with Crippen LogP contribution in [0, 0.1) is 5.82 Å². The average Bonchev–Trinajstić information content (AvgIpc) is 3.12. The molecule has 4 rings (SSSR count). The number of nitrogens with zero attached hydrogens (tertiary/aromatic N) is 5. The van der Waals surface area contributed by atoms with E-state index < -0.39 is 10.0 Å². The fraction of sp³-hybridized carbons (Fsp3) is 0.500. The van der Waals surface area contributed by atoms with E-state index in [2.05, 4.69) is 10.2 Å². The van der Waals surface area contributed by atoms with Crippen LogP contribution in [0.2, 0.25) is 0 Å². The lowest BCUT2D eigenvalue weighted by Gasteiger charge is -2.35. The number of piperazine rings is 1. The summed E-state index contributed by atoms with van der Waals surface area (Å²) in [6.07, 6.45) is 2.69. The molecule has 0 N–H and O–H groups in total. The highest BCUT2D eigenvalue weighted by atomic mass is 32.2. The number of aromatic nitrogens is 3. The lowest BCUT2D eigenvalue weighted by Crippen LogP contribution is -2.51. The van der Waals surface area contributed by atoms with Gasteiger partial charge in [0.25, 0.3) is 0 Å². The van der Waals surface area contributed by atoms with E-state index in [0.717, 1.165) is 12.0 Å². The van der Waals surface area contributed by atoms with Crippen molar-refractivity contribution in [1.29, 1.82) is 0 Å². The summed E-state index contributed by atoms with van der Waals surface area (Å²) in [4.78, 5) is 14.8. The molecule has 1 aromatic carbocycles. The number of benzene rings is 1. The van der Waals surface area contributed by atoms with Gasteiger partial charge < -0.3 is 9.47 Å². The largest absolute Gasteiger partial charge is 0.339 e. The maximum atomic E-state index is 13.2. The number of halogens is 1. The fourth-order valence-corrected chi connectivity index (χ4v) is 4.71. The van der Waals surface area contributed by atoms with Crippen LogP contribution in [0.4, 0.5) is 4.39 Å². The van der Waals surface area contributed by atoms with Crippen LogP contribution >= 0.6 is 0 Å². The zero-order valence-corrected chi connectivity index (χ0v) is 16.4. The molecule has 28 heavy (non-hydrogen) atoms. The van der Waals surface area contributed by atoms with E-state index in [1.807, 2.05) is 4.57 Å². The molecule has 0 aliphatic carbocycles. The molecule has 150 valence electrons. The summed E-state index contributed by atoms with van der Waals surface area (Å²) in [5.41, 5.74) is 0.759. The van der Waals surface area contributed by atoms with Crippen LogP contribution in [-0.2, 0) is 21.4 Å². The summed E-state index contributed by atoms with van der Waals surface area (Å²) in [6, 6.07) is 6.07. The number of amides is 1. The molecule has 1 fully saturated rings. The Bertz CT molecular complexity index is 981. The predicted molar refractivity (Wildman–Crippen MR) is 100 cm³/mol. The number of carbonyl (C=O) groups excluding carboxylic acids is 1. The number of rotatable bonds is 3.